The molecule has 17 heteroatoms. The summed E-state index contributed by atoms with van der Waals surface area (Å²) in [5, 5.41) is 26.5. The number of hydrogen-bond donors (Lipinski definition) is 7. The molecule has 242 valence electrons. The van der Waals surface area contributed by atoms with E-state index in [-0.39, 0.29) is 24.5 Å². The van der Waals surface area contributed by atoms with E-state index in [1.165, 1.54) is 24.9 Å². The summed E-state index contributed by atoms with van der Waals surface area (Å²) in [6.07, 6.45) is 6.27. The molecule has 3 rings (SSSR count). The number of imidazole rings is 1. The van der Waals surface area contributed by atoms with Crippen LogP contribution in [0, 0.1) is 5.92 Å². The van der Waals surface area contributed by atoms with Gasteiger partial charge in [-0.25, -0.2) is 13.8 Å². The smallest absolute Gasteiger partial charge is 0.425 e. The zero-order chi connectivity index (χ0) is 32.5. The van der Waals surface area contributed by atoms with Gasteiger partial charge in [-0.3, -0.25) is 24.4 Å². The Bertz CT molecular complexity index is 1230. The van der Waals surface area contributed by atoms with Crippen molar-refractivity contribution in [3.8, 4) is 0 Å². The minimum atomic E-state index is -3.37. The highest BCUT2D eigenvalue weighted by atomic mass is 19.3. The Hall–Kier alpha value is -3.54. The highest BCUT2D eigenvalue weighted by molar-refractivity contribution is 6.46. The van der Waals surface area contributed by atoms with Gasteiger partial charge in [-0.15, -0.1) is 0 Å². The Morgan fingerprint density at radius 2 is 1.86 bits per heavy atom. The first-order valence-corrected chi connectivity index (χ1v) is 14.7. The van der Waals surface area contributed by atoms with Crippen LogP contribution in [-0.2, 0) is 26.2 Å². The molecule has 0 saturated carbocycles. The first-order valence-electron chi connectivity index (χ1n) is 14.7. The molecule has 1 aliphatic heterocycles. The van der Waals surface area contributed by atoms with Crippen molar-refractivity contribution in [2.24, 2.45) is 17.4 Å². The molecule has 0 aromatic carbocycles. The second-order valence-corrected chi connectivity index (χ2v) is 11.6. The number of carbonyl (C=O) groups is 3. The third-order valence-electron chi connectivity index (χ3n) is 7.64. The van der Waals surface area contributed by atoms with Gasteiger partial charge in [-0.1, -0.05) is 20.3 Å². The van der Waals surface area contributed by atoms with Crippen molar-refractivity contribution in [1.82, 2.24) is 35.5 Å². The molecule has 1 unspecified atom stereocenters. The lowest BCUT2D eigenvalue weighted by Crippen LogP contribution is -2.68. The minimum absolute atomic E-state index is 0.0434. The van der Waals surface area contributed by atoms with E-state index in [1.807, 2.05) is 13.8 Å². The fraction of sp³-hybridized carbons (Fsp3) is 0.630. The highest BCUT2D eigenvalue weighted by Crippen LogP contribution is 2.45. The number of rotatable bonds is 15. The topological polar surface area (TPSA) is 225 Å². The van der Waals surface area contributed by atoms with Gasteiger partial charge in [0, 0.05) is 44.4 Å². The van der Waals surface area contributed by atoms with Gasteiger partial charge in [0.2, 0.25) is 17.7 Å². The van der Waals surface area contributed by atoms with Crippen LogP contribution < -0.4 is 22.1 Å². The van der Waals surface area contributed by atoms with Crippen molar-refractivity contribution in [3.63, 3.8) is 0 Å². The molecule has 1 fully saturated rings. The number of nitrogens with two attached hydrogens (primary N) is 2. The molecule has 0 aliphatic carbocycles. The summed E-state index contributed by atoms with van der Waals surface area (Å²) in [5.41, 5.74) is 9.30. The van der Waals surface area contributed by atoms with Crippen LogP contribution in [0.3, 0.4) is 0 Å². The molecule has 0 bridgehead atoms. The van der Waals surface area contributed by atoms with E-state index in [0.717, 1.165) is 11.1 Å². The maximum Gasteiger partial charge on any atom is 0.485 e. The van der Waals surface area contributed by atoms with Crippen molar-refractivity contribution in [1.29, 1.82) is 0 Å². The number of unbranched alkanes of at least 4 members (excludes halogenated alkanes) is 1. The Kier molecular flexibility index (Phi) is 12.3. The molecule has 44 heavy (non-hydrogen) atoms. The number of carbonyl (C=O) groups excluding carboxylic acids is 3. The molecule has 2 aromatic rings. The van der Waals surface area contributed by atoms with Crippen LogP contribution in [0.4, 0.5) is 8.78 Å². The Balaban J connectivity index is 1.94. The summed E-state index contributed by atoms with van der Waals surface area (Å²) in [6.45, 7) is 3.59. The Morgan fingerprint density at radius 3 is 2.45 bits per heavy atom. The van der Waals surface area contributed by atoms with E-state index in [2.05, 4.69) is 30.6 Å². The molecule has 4 atom stereocenters. The van der Waals surface area contributed by atoms with Gasteiger partial charge in [0.05, 0.1) is 30.0 Å². The number of H-pyrrole nitrogens is 1. The number of nitrogens with zero attached hydrogens (tertiary/aromatic N) is 4. The number of aromatic nitrogens is 4. The number of amides is 3. The number of halogens is 2. The van der Waals surface area contributed by atoms with E-state index < -0.39 is 73.7 Å². The van der Waals surface area contributed by atoms with Crippen LogP contribution in [0.1, 0.15) is 63.8 Å². The lowest BCUT2D eigenvalue weighted by molar-refractivity contribution is -0.154. The summed E-state index contributed by atoms with van der Waals surface area (Å²) in [5.74, 6) is -5.52. The van der Waals surface area contributed by atoms with Crippen molar-refractivity contribution < 1.29 is 33.2 Å². The van der Waals surface area contributed by atoms with Crippen LogP contribution >= 0.6 is 0 Å². The number of aromatic amines is 1. The predicted octanol–water partition coefficient (Wildman–Crippen LogP) is -0.621. The molecule has 2 aromatic heterocycles. The molecular weight excluding hydrogens is 579 g/mol. The standard InChI is InChI=1S/C27H42BF2N9O5/c1-17(2)11-20(37-23(40)19(32)5-3-4-7-31)24(41)38-21(12-18-13-34-16-36-18)25(42)39-10-6-26(29,30)15-27(39,28(43)44)22-14-33-8-9-35-22/h8-9,13-14,16-17,19-21,43-44H,3-7,10-12,15,31-32H2,1-2H3,(H,34,36)(H,37,40)(H,38,41)/t19-,20-,21-,27?/m0/s1. The van der Waals surface area contributed by atoms with Crippen LogP contribution in [0.15, 0.2) is 31.1 Å². The minimum Gasteiger partial charge on any atom is -0.425 e. The lowest BCUT2D eigenvalue weighted by Gasteiger charge is -2.49. The van der Waals surface area contributed by atoms with Crippen molar-refractivity contribution >= 4 is 24.8 Å². The summed E-state index contributed by atoms with van der Waals surface area (Å²) in [4.78, 5) is 56.5. The zero-order valence-electron chi connectivity index (χ0n) is 25.0. The predicted molar refractivity (Wildman–Crippen MR) is 156 cm³/mol. The van der Waals surface area contributed by atoms with Gasteiger partial charge in [-0.05, 0) is 31.7 Å². The van der Waals surface area contributed by atoms with Gasteiger partial charge < -0.3 is 42.0 Å². The number of nitrogens with one attached hydrogen (secondary N) is 3. The van der Waals surface area contributed by atoms with E-state index in [9.17, 15) is 33.2 Å². The molecule has 3 heterocycles. The Labute approximate surface area is 254 Å². The largest absolute Gasteiger partial charge is 0.485 e. The molecule has 9 N–H and O–H groups in total. The summed E-state index contributed by atoms with van der Waals surface area (Å²) in [7, 11) is -2.47. The highest BCUT2D eigenvalue weighted by Gasteiger charge is 2.61. The van der Waals surface area contributed by atoms with E-state index in [0.29, 0.717) is 31.5 Å². The second kappa shape index (κ2) is 15.5. The molecule has 0 spiro atoms. The second-order valence-electron chi connectivity index (χ2n) is 11.6. The molecule has 3 amide bonds. The van der Waals surface area contributed by atoms with Gasteiger partial charge in [0.1, 0.15) is 17.5 Å². The van der Waals surface area contributed by atoms with Gasteiger partial charge in [-0.2, -0.15) is 0 Å². The third kappa shape index (κ3) is 8.77. The molecule has 14 nitrogen and oxygen atoms in total. The Morgan fingerprint density at radius 1 is 1.14 bits per heavy atom. The van der Waals surface area contributed by atoms with Crippen LogP contribution in [-0.4, -0.2) is 96.9 Å². The molecule has 1 saturated heterocycles. The van der Waals surface area contributed by atoms with Gasteiger partial charge >= 0.3 is 7.12 Å². The number of piperidine rings is 1. The average Bonchev–Trinajstić information content (AvgIpc) is 3.49. The zero-order valence-corrected chi connectivity index (χ0v) is 25.0. The van der Waals surface area contributed by atoms with E-state index in [1.54, 1.807) is 0 Å². The van der Waals surface area contributed by atoms with E-state index >= 15 is 0 Å². The summed E-state index contributed by atoms with van der Waals surface area (Å²) >= 11 is 0. The van der Waals surface area contributed by atoms with Crippen LogP contribution in [0.25, 0.3) is 0 Å². The average molecular weight is 621 g/mol. The summed E-state index contributed by atoms with van der Waals surface area (Å²) < 4.78 is 29.7. The SMILES string of the molecule is CC(C)C[C@H](NC(=O)[C@@H](N)CCCCN)C(=O)N[C@@H](Cc1c[nH]cn1)C(=O)N1CCC(F)(F)CC1(B(O)O)c1cnccn1. The fourth-order valence-corrected chi connectivity index (χ4v) is 5.37. The quantitative estimate of drug-likeness (QED) is 0.0985. The van der Waals surface area contributed by atoms with Gasteiger partial charge in [0.25, 0.3) is 5.92 Å². The maximum absolute atomic E-state index is 14.9. The van der Waals surface area contributed by atoms with Gasteiger partial charge in [0.15, 0.2) is 0 Å². The van der Waals surface area contributed by atoms with Crippen molar-refractivity contribution in [2.45, 2.75) is 88.3 Å². The van der Waals surface area contributed by atoms with Crippen molar-refractivity contribution in [3.05, 3.63) is 42.5 Å². The number of hydrogen-bond acceptors (Lipinski definition) is 10. The summed E-state index contributed by atoms with van der Waals surface area (Å²) in [6, 6.07) is -3.34. The monoisotopic (exact) mass is 621 g/mol. The fourth-order valence-electron chi connectivity index (χ4n) is 5.37. The lowest BCUT2D eigenvalue weighted by atomic mass is 9.57. The molecular formula is C27H42BF2N9O5. The number of alkyl halides is 2. The normalized spacial score (nSPS) is 20.1. The van der Waals surface area contributed by atoms with Crippen molar-refractivity contribution in [2.75, 3.05) is 13.1 Å². The molecule has 1 aliphatic rings. The third-order valence-corrected chi connectivity index (χ3v) is 7.64. The first-order chi connectivity index (χ1) is 20.8. The first kappa shape index (κ1) is 34.9. The maximum atomic E-state index is 14.9. The van der Waals surface area contributed by atoms with Crippen LogP contribution in [0.2, 0.25) is 0 Å². The molecule has 0 radical (unpaired) electrons. The van der Waals surface area contributed by atoms with Crippen LogP contribution in [0.5, 0.6) is 0 Å². The van der Waals surface area contributed by atoms with E-state index in [4.69, 9.17) is 11.5 Å². The number of likely N-dealkylation sites (tertiary alicyclic amines) is 1.